The molecule has 0 saturated heterocycles. The Kier molecular flexibility index (Phi) is 6.70. The number of halogens is 3. The van der Waals surface area contributed by atoms with Crippen molar-refractivity contribution in [2.75, 3.05) is 0 Å². The fourth-order valence-corrected chi connectivity index (χ4v) is 3.30. The Morgan fingerprint density at radius 1 is 0.714 bits per heavy atom. The number of allylic oxidation sites excluding steroid dienone is 2. The van der Waals surface area contributed by atoms with E-state index in [-0.39, 0.29) is 5.56 Å². The van der Waals surface area contributed by atoms with E-state index in [9.17, 15) is 13.2 Å². The van der Waals surface area contributed by atoms with Crippen LogP contribution in [-0.2, 0) is 6.42 Å². The molecular formula is C25H23F3. The molecule has 0 aliphatic rings. The Morgan fingerprint density at radius 3 is 2.11 bits per heavy atom. The lowest BCUT2D eigenvalue weighted by molar-refractivity contribution is 0.603. The van der Waals surface area contributed by atoms with Gasteiger partial charge in [-0.1, -0.05) is 42.5 Å². The number of rotatable bonds is 7. The molecule has 3 aromatic carbocycles. The second kappa shape index (κ2) is 9.41. The first kappa shape index (κ1) is 19.9. The maximum absolute atomic E-state index is 14.3. The van der Waals surface area contributed by atoms with Crippen LogP contribution in [0.25, 0.3) is 22.3 Å². The molecule has 0 bridgehead atoms. The molecule has 3 rings (SSSR count). The molecule has 144 valence electrons. The summed E-state index contributed by atoms with van der Waals surface area (Å²) in [5.41, 5.74) is 3.12. The average molecular weight is 380 g/mol. The summed E-state index contributed by atoms with van der Waals surface area (Å²) < 4.78 is 41.8. The standard InChI is InChI=1S/C25H23F3/c1-2-3-4-5-6-7-18-8-10-19(11-9-18)23-16-20(26)12-14-22(23)24-17-21(27)13-15-25(24)28/h2-3,8-17H,4-7H2,1H3. The van der Waals surface area contributed by atoms with Gasteiger partial charge in [0.1, 0.15) is 17.5 Å². The highest BCUT2D eigenvalue weighted by atomic mass is 19.1. The van der Waals surface area contributed by atoms with Crippen molar-refractivity contribution < 1.29 is 13.2 Å². The minimum Gasteiger partial charge on any atom is -0.207 e. The maximum atomic E-state index is 14.3. The van der Waals surface area contributed by atoms with Crippen molar-refractivity contribution in [1.29, 1.82) is 0 Å². The van der Waals surface area contributed by atoms with Crippen LogP contribution in [0.2, 0.25) is 0 Å². The van der Waals surface area contributed by atoms with Crippen molar-refractivity contribution in [3.05, 3.63) is 95.8 Å². The van der Waals surface area contributed by atoms with E-state index in [1.165, 1.54) is 23.8 Å². The van der Waals surface area contributed by atoms with E-state index in [2.05, 4.69) is 12.2 Å². The molecule has 0 atom stereocenters. The summed E-state index contributed by atoms with van der Waals surface area (Å²) in [5.74, 6) is -1.48. The molecule has 0 fully saturated rings. The largest absolute Gasteiger partial charge is 0.207 e. The van der Waals surface area contributed by atoms with Gasteiger partial charge in [0.15, 0.2) is 0 Å². The van der Waals surface area contributed by atoms with Crippen molar-refractivity contribution in [3.63, 3.8) is 0 Å². The Labute approximate surface area is 164 Å². The van der Waals surface area contributed by atoms with Gasteiger partial charge in [-0.25, -0.2) is 13.2 Å². The number of unbranched alkanes of at least 4 members (excludes halogenated alkanes) is 2. The fourth-order valence-electron chi connectivity index (χ4n) is 3.30. The summed E-state index contributed by atoms with van der Waals surface area (Å²) in [5, 5.41) is 0. The van der Waals surface area contributed by atoms with Gasteiger partial charge >= 0.3 is 0 Å². The summed E-state index contributed by atoms with van der Waals surface area (Å²) in [4.78, 5) is 0. The van der Waals surface area contributed by atoms with Crippen LogP contribution in [0, 0.1) is 17.5 Å². The second-order valence-corrected chi connectivity index (χ2v) is 6.83. The predicted octanol–water partition coefficient (Wildman–Crippen LogP) is 7.73. The lowest BCUT2D eigenvalue weighted by atomic mass is 9.93. The molecule has 0 nitrogen and oxygen atoms in total. The van der Waals surface area contributed by atoms with Crippen molar-refractivity contribution in [1.82, 2.24) is 0 Å². The zero-order valence-electron chi connectivity index (χ0n) is 15.9. The lowest BCUT2D eigenvalue weighted by Crippen LogP contribution is -1.92. The third kappa shape index (κ3) is 4.92. The Bertz CT molecular complexity index is 956. The molecule has 3 heteroatoms. The Hall–Kier alpha value is -2.81. The van der Waals surface area contributed by atoms with E-state index in [1.807, 2.05) is 31.2 Å². The van der Waals surface area contributed by atoms with Crippen LogP contribution < -0.4 is 0 Å². The zero-order chi connectivity index (χ0) is 19.9. The molecule has 0 amide bonds. The molecule has 28 heavy (non-hydrogen) atoms. The van der Waals surface area contributed by atoms with Crippen LogP contribution >= 0.6 is 0 Å². The van der Waals surface area contributed by atoms with E-state index >= 15 is 0 Å². The molecule has 0 N–H and O–H groups in total. The van der Waals surface area contributed by atoms with Gasteiger partial charge in [0.05, 0.1) is 0 Å². The van der Waals surface area contributed by atoms with Gasteiger partial charge in [-0.3, -0.25) is 0 Å². The van der Waals surface area contributed by atoms with E-state index in [0.717, 1.165) is 49.4 Å². The summed E-state index contributed by atoms with van der Waals surface area (Å²) in [6.07, 6.45) is 8.53. The smallest absolute Gasteiger partial charge is 0.131 e. The minimum atomic E-state index is -0.535. The second-order valence-electron chi connectivity index (χ2n) is 6.83. The Balaban J connectivity index is 1.87. The normalized spacial score (nSPS) is 11.3. The van der Waals surface area contributed by atoms with E-state index in [1.54, 1.807) is 0 Å². The lowest BCUT2D eigenvalue weighted by Gasteiger charge is -2.12. The molecule has 0 radical (unpaired) electrons. The number of benzene rings is 3. The maximum Gasteiger partial charge on any atom is 0.131 e. The Morgan fingerprint density at radius 2 is 1.39 bits per heavy atom. The summed E-state index contributed by atoms with van der Waals surface area (Å²) in [6.45, 7) is 2.02. The summed E-state index contributed by atoms with van der Waals surface area (Å²) in [6, 6.07) is 15.3. The van der Waals surface area contributed by atoms with Gasteiger partial charge in [0.2, 0.25) is 0 Å². The van der Waals surface area contributed by atoms with Crippen LogP contribution in [0.5, 0.6) is 0 Å². The third-order valence-electron chi connectivity index (χ3n) is 4.79. The minimum absolute atomic E-state index is 0.128. The van der Waals surface area contributed by atoms with Gasteiger partial charge in [0.25, 0.3) is 0 Å². The highest BCUT2D eigenvalue weighted by Gasteiger charge is 2.13. The number of hydrogen-bond acceptors (Lipinski definition) is 0. The summed E-state index contributed by atoms with van der Waals surface area (Å²) in [7, 11) is 0. The van der Waals surface area contributed by atoms with Gasteiger partial charge < -0.3 is 0 Å². The third-order valence-corrected chi connectivity index (χ3v) is 4.79. The molecule has 3 aromatic rings. The van der Waals surface area contributed by atoms with Crippen molar-refractivity contribution in [3.8, 4) is 22.3 Å². The van der Waals surface area contributed by atoms with Crippen molar-refractivity contribution in [2.24, 2.45) is 0 Å². The molecule has 0 spiro atoms. The van der Waals surface area contributed by atoms with E-state index in [4.69, 9.17) is 0 Å². The predicted molar refractivity (Wildman–Crippen MR) is 110 cm³/mol. The molecule has 0 aliphatic heterocycles. The monoisotopic (exact) mass is 380 g/mol. The van der Waals surface area contributed by atoms with E-state index < -0.39 is 17.5 Å². The van der Waals surface area contributed by atoms with Crippen LogP contribution in [-0.4, -0.2) is 0 Å². The van der Waals surface area contributed by atoms with Crippen LogP contribution in [0.3, 0.4) is 0 Å². The van der Waals surface area contributed by atoms with Crippen LogP contribution in [0.4, 0.5) is 13.2 Å². The first-order valence-corrected chi connectivity index (χ1v) is 9.54. The van der Waals surface area contributed by atoms with Crippen LogP contribution in [0.1, 0.15) is 31.7 Å². The van der Waals surface area contributed by atoms with Gasteiger partial charge in [-0.15, -0.1) is 0 Å². The molecule has 0 aromatic heterocycles. The van der Waals surface area contributed by atoms with Crippen molar-refractivity contribution in [2.45, 2.75) is 32.6 Å². The molecular weight excluding hydrogens is 357 g/mol. The molecule has 0 saturated carbocycles. The average Bonchev–Trinajstić information content (AvgIpc) is 2.70. The zero-order valence-corrected chi connectivity index (χ0v) is 15.9. The first-order valence-electron chi connectivity index (χ1n) is 9.54. The van der Waals surface area contributed by atoms with Gasteiger partial charge in [0, 0.05) is 5.56 Å². The fraction of sp³-hybridized carbons (Fsp3) is 0.200. The summed E-state index contributed by atoms with van der Waals surface area (Å²) >= 11 is 0. The van der Waals surface area contributed by atoms with E-state index in [0.29, 0.717) is 11.1 Å². The molecule has 0 heterocycles. The quantitative estimate of drug-likeness (QED) is 0.291. The molecule has 0 unspecified atom stereocenters. The number of aryl methyl sites for hydroxylation is 1. The van der Waals surface area contributed by atoms with Crippen LogP contribution in [0.15, 0.2) is 72.8 Å². The van der Waals surface area contributed by atoms with Gasteiger partial charge in [-0.05, 0) is 85.2 Å². The first-order chi connectivity index (χ1) is 13.6. The van der Waals surface area contributed by atoms with Crippen molar-refractivity contribution >= 4 is 0 Å². The topological polar surface area (TPSA) is 0 Å². The van der Waals surface area contributed by atoms with Gasteiger partial charge in [-0.2, -0.15) is 0 Å². The highest BCUT2D eigenvalue weighted by molar-refractivity contribution is 5.83. The SMILES string of the molecule is CC=CCCCCc1ccc(-c2cc(F)ccc2-c2cc(F)ccc2F)cc1. The molecule has 0 aliphatic carbocycles. The number of hydrogen-bond donors (Lipinski definition) is 0. The highest BCUT2D eigenvalue weighted by Crippen LogP contribution is 2.34.